The molecular weight excluding hydrogens is 457 g/mol. The number of nitrogens with zero attached hydrogens (tertiary/aromatic N) is 1. The third kappa shape index (κ3) is 6.41. The van der Waals surface area contributed by atoms with Gasteiger partial charge >= 0.3 is 0 Å². The number of rotatable bonds is 8. The van der Waals surface area contributed by atoms with E-state index in [1.54, 1.807) is 14.2 Å². The molecule has 0 atom stereocenters. The van der Waals surface area contributed by atoms with Crippen molar-refractivity contribution in [3.63, 3.8) is 0 Å². The number of hydrogen-bond donors (Lipinski definition) is 3. The van der Waals surface area contributed by atoms with Gasteiger partial charge in [0.05, 0.1) is 27.4 Å². The number of hydrogen-bond acceptors (Lipinski definition) is 4. The van der Waals surface area contributed by atoms with E-state index in [-0.39, 0.29) is 36.0 Å². The maximum Gasteiger partial charge on any atom is 0.191 e. The Labute approximate surface area is 180 Å². The van der Waals surface area contributed by atoms with Gasteiger partial charge in [0.15, 0.2) is 17.5 Å². The average Bonchev–Trinajstić information content (AvgIpc) is 2.70. The van der Waals surface area contributed by atoms with Crippen molar-refractivity contribution in [2.75, 3.05) is 40.5 Å². The van der Waals surface area contributed by atoms with E-state index in [0.717, 1.165) is 36.8 Å². The Bertz CT molecular complexity index is 590. The lowest BCUT2D eigenvalue weighted by atomic mass is 9.69. The van der Waals surface area contributed by atoms with Gasteiger partial charge in [0.25, 0.3) is 0 Å². The van der Waals surface area contributed by atoms with Crippen LogP contribution in [0.1, 0.15) is 44.6 Å². The number of aliphatic hydroxyl groups is 1. The Balaban J connectivity index is 0.00000364. The van der Waals surface area contributed by atoms with Crippen molar-refractivity contribution in [3.8, 4) is 11.5 Å². The zero-order chi connectivity index (χ0) is 18.8. The molecule has 0 saturated heterocycles. The standard InChI is InChI=1S/C20H33N3O3.HI/c1-4-21-19(22-12-13-24)23-15-20(10-6-5-7-11-20)16-8-9-17(25-2)18(14-16)26-3;/h8-9,14,24H,4-7,10-13,15H2,1-3H3,(H2,21,22,23);1H. The fraction of sp³-hybridized carbons (Fsp3) is 0.650. The molecule has 6 nitrogen and oxygen atoms in total. The molecule has 0 spiro atoms. The Hall–Kier alpha value is -1.22. The van der Waals surface area contributed by atoms with Crippen molar-refractivity contribution in [2.45, 2.75) is 44.4 Å². The highest BCUT2D eigenvalue weighted by Gasteiger charge is 2.34. The summed E-state index contributed by atoms with van der Waals surface area (Å²) in [5, 5.41) is 15.5. The Kier molecular flexibility index (Phi) is 10.8. The summed E-state index contributed by atoms with van der Waals surface area (Å²) in [6.07, 6.45) is 5.94. The van der Waals surface area contributed by atoms with Crippen LogP contribution in [0.25, 0.3) is 0 Å². The van der Waals surface area contributed by atoms with Crippen molar-refractivity contribution in [2.24, 2.45) is 4.99 Å². The number of benzene rings is 1. The molecule has 154 valence electrons. The molecule has 1 aliphatic carbocycles. The first kappa shape index (κ1) is 23.8. The highest BCUT2D eigenvalue weighted by molar-refractivity contribution is 14.0. The second-order valence-corrected chi connectivity index (χ2v) is 6.76. The molecule has 2 rings (SSSR count). The van der Waals surface area contributed by atoms with Crippen LogP contribution in [0, 0.1) is 0 Å². The third-order valence-electron chi connectivity index (χ3n) is 5.09. The van der Waals surface area contributed by atoms with Crippen LogP contribution in [0.5, 0.6) is 11.5 Å². The van der Waals surface area contributed by atoms with Crippen molar-refractivity contribution in [3.05, 3.63) is 23.8 Å². The first-order valence-corrected chi connectivity index (χ1v) is 9.54. The van der Waals surface area contributed by atoms with Crippen LogP contribution in [0.15, 0.2) is 23.2 Å². The minimum atomic E-state index is 0. The molecule has 0 unspecified atom stereocenters. The first-order chi connectivity index (χ1) is 12.7. The Morgan fingerprint density at radius 3 is 2.41 bits per heavy atom. The smallest absolute Gasteiger partial charge is 0.191 e. The highest BCUT2D eigenvalue weighted by atomic mass is 127. The number of aliphatic hydroxyl groups excluding tert-OH is 1. The number of guanidine groups is 1. The summed E-state index contributed by atoms with van der Waals surface area (Å²) < 4.78 is 10.9. The molecule has 1 aliphatic rings. The summed E-state index contributed by atoms with van der Waals surface area (Å²) in [5.74, 6) is 2.28. The van der Waals surface area contributed by atoms with Crippen LogP contribution >= 0.6 is 24.0 Å². The number of halogens is 1. The molecule has 1 fully saturated rings. The largest absolute Gasteiger partial charge is 0.493 e. The Morgan fingerprint density at radius 1 is 1.11 bits per heavy atom. The van der Waals surface area contributed by atoms with Crippen molar-refractivity contribution in [1.29, 1.82) is 0 Å². The molecule has 0 aromatic heterocycles. The van der Waals surface area contributed by atoms with Crippen LogP contribution in [0.3, 0.4) is 0 Å². The van der Waals surface area contributed by atoms with Crippen LogP contribution in [-0.4, -0.2) is 51.5 Å². The molecule has 0 amide bonds. The molecule has 0 radical (unpaired) electrons. The average molecular weight is 491 g/mol. The number of nitrogens with one attached hydrogen (secondary N) is 2. The van der Waals surface area contributed by atoms with Gasteiger partial charge in [0.2, 0.25) is 0 Å². The highest BCUT2D eigenvalue weighted by Crippen LogP contribution is 2.42. The van der Waals surface area contributed by atoms with Gasteiger partial charge in [-0.1, -0.05) is 25.3 Å². The third-order valence-corrected chi connectivity index (χ3v) is 5.09. The molecule has 0 heterocycles. The van der Waals surface area contributed by atoms with Crippen LogP contribution in [0.2, 0.25) is 0 Å². The summed E-state index contributed by atoms with van der Waals surface area (Å²) in [4.78, 5) is 4.83. The van der Waals surface area contributed by atoms with E-state index in [1.807, 2.05) is 13.0 Å². The zero-order valence-electron chi connectivity index (χ0n) is 16.7. The van der Waals surface area contributed by atoms with E-state index in [1.165, 1.54) is 24.8 Å². The summed E-state index contributed by atoms with van der Waals surface area (Å²) in [5.41, 5.74) is 1.27. The normalized spacial score (nSPS) is 16.2. The SMILES string of the molecule is CCNC(=NCC1(c2ccc(OC)c(OC)c2)CCCCC1)NCCO.I. The summed E-state index contributed by atoms with van der Waals surface area (Å²) in [6.45, 7) is 4.13. The van der Waals surface area contributed by atoms with E-state index in [2.05, 4.69) is 22.8 Å². The number of methoxy groups -OCH3 is 2. The van der Waals surface area contributed by atoms with Crippen LogP contribution < -0.4 is 20.1 Å². The van der Waals surface area contributed by atoms with Crippen molar-refractivity contribution in [1.82, 2.24) is 10.6 Å². The fourth-order valence-corrected chi connectivity index (χ4v) is 3.68. The second kappa shape index (κ2) is 12.3. The molecular formula is C20H34IN3O3. The molecule has 3 N–H and O–H groups in total. The summed E-state index contributed by atoms with van der Waals surface area (Å²) in [7, 11) is 3.34. The molecule has 0 bridgehead atoms. The molecule has 7 heteroatoms. The lowest BCUT2D eigenvalue weighted by Gasteiger charge is -2.37. The van der Waals surface area contributed by atoms with E-state index in [9.17, 15) is 0 Å². The number of ether oxygens (including phenoxy) is 2. The fourth-order valence-electron chi connectivity index (χ4n) is 3.68. The van der Waals surface area contributed by atoms with Gasteiger partial charge in [-0.05, 0) is 37.5 Å². The van der Waals surface area contributed by atoms with E-state index >= 15 is 0 Å². The molecule has 0 aliphatic heterocycles. The maximum atomic E-state index is 9.07. The van der Waals surface area contributed by atoms with Gasteiger partial charge in [0.1, 0.15) is 0 Å². The van der Waals surface area contributed by atoms with Gasteiger partial charge in [-0.15, -0.1) is 24.0 Å². The maximum absolute atomic E-state index is 9.07. The predicted molar refractivity (Wildman–Crippen MR) is 121 cm³/mol. The van der Waals surface area contributed by atoms with Crippen molar-refractivity contribution < 1.29 is 14.6 Å². The van der Waals surface area contributed by atoms with Gasteiger partial charge in [-0.3, -0.25) is 4.99 Å². The van der Waals surface area contributed by atoms with E-state index in [4.69, 9.17) is 19.6 Å². The quantitative estimate of drug-likeness (QED) is 0.296. The minimum Gasteiger partial charge on any atom is -0.493 e. The van der Waals surface area contributed by atoms with Gasteiger partial charge < -0.3 is 25.2 Å². The molecule has 1 aromatic carbocycles. The lowest BCUT2D eigenvalue weighted by Crippen LogP contribution is -2.41. The van der Waals surface area contributed by atoms with Crippen molar-refractivity contribution >= 4 is 29.9 Å². The monoisotopic (exact) mass is 491 g/mol. The zero-order valence-corrected chi connectivity index (χ0v) is 19.0. The molecule has 1 aromatic rings. The number of aliphatic imine (C=N–C) groups is 1. The minimum absolute atomic E-state index is 0. The predicted octanol–water partition coefficient (Wildman–Crippen LogP) is 3.07. The van der Waals surface area contributed by atoms with E-state index in [0.29, 0.717) is 13.1 Å². The lowest BCUT2D eigenvalue weighted by molar-refractivity contribution is 0.295. The van der Waals surface area contributed by atoms with Gasteiger partial charge in [-0.2, -0.15) is 0 Å². The topological polar surface area (TPSA) is 75.1 Å². The first-order valence-electron chi connectivity index (χ1n) is 9.54. The molecule has 1 saturated carbocycles. The Morgan fingerprint density at radius 2 is 1.81 bits per heavy atom. The second-order valence-electron chi connectivity index (χ2n) is 6.76. The van der Waals surface area contributed by atoms with Gasteiger partial charge in [0, 0.05) is 18.5 Å². The van der Waals surface area contributed by atoms with Crippen LogP contribution in [0.4, 0.5) is 0 Å². The summed E-state index contributed by atoms with van der Waals surface area (Å²) in [6, 6.07) is 6.24. The van der Waals surface area contributed by atoms with Crippen LogP contribution in [-0.2, 0) is 5.41 Å². The van der Waals surface area contributed by atoms with Gasteiger partial charge in [-0.25, -0.2) is 0 Å². The molecule has 27 heavy (non-hydrogen) atoms. The summed E-state index contributed by atoms with van der Waals surface area (Å²) >= 11 is 0. The van der Waals surface area contributed by atoms with E-state index < -0.39 is 0 Å².